The first-order valence-electron chi connectivity index (χ1n) is 12.4. The number of hydroxylamine groups is 2. The Morgan fingerprint density at radius 1 is 1.00 bits per heavy atom. The molecular weight excluding hydrogens is 613 g/mol. The molecule has 1 fully saturated rings. The van der Waals surface area contributed by atoms with E-state index in [0.29, 0.717) is 27.0 Å². The zero-order chi connectivity index (χ0) is 30.2. The highest BCUT2D eigenvalue weighted by Crippen LogP contribution is 2.32. The average Bonchev–Trinajstić information content (AvgIpc) is 2.92. The number of halogens is 2. The number of hydrogen-bond acceptors (Lipinski definition) is 7. The molecule has 0 radical (unpaired) electrons. The lowest BCUT2D eigenvalue weighted by atomic mass is 10.1. The Balaban J connectivity index is 1.49. The number of piperazine rings is 1. The van der Waals surface area contributed by atoms with Crippen LogP contribution in [0.1, 0.15) is 15.9 Å². The molecule has 0 spiro atoms. The van der Waals surface area contributed by atoms with Crippen LogP contribution >= 0.6 is 23.2 Å². The van der Waals surface area contributed by atoms with Gasteiger partial charge in [-0.2, -0.15) is 4.31 Å². The lowest BCUT2D eigenvalue weighted by Gasteiger charge is -2.47. The van der Waals surface area contributed by atoms with Gasteiger partial charge in [0.15, 0.2) is 0 Å². The Labute approximate surface area is 249 Å². The van der Waals surface area contributed by atoms with E-state index in [2.05, 4.69) is 5.32 Å². The standard InChI is InChI=1S/C26H29Cl2N5O6S2/c1-31(40(2,36)37)25-8-3-18(17-29)13-24(25)26(34)30-21-4-6-23(7-5-21)41(38,39)32-9-11-33(35,12-10-32)22-15-19(27)14-20(28)16-22/h3-8,13-16H,9-12,17,29H2,1-2H3,(H,30,34). The minimum atomic E-state index is -3.92. The molecule has 15 heteroatoms. The maximum Gasteiger partial charge on any atom is 0.257 e. The van der Waals surface area contributed by atoms with Gasteiger partial charge in [-0.25, -0.2) is 16.8 Å². The summed E-state index contributed by atoms with van der Waals surface area (Å²) in [6.45, 7) is 0.0862. The van der Waals surface area contributed by atoms with Crippen molar-refractivity contribution in [3.8, 4) is 0 Å². The Kier molecular flexibility index (Phi) is 9.02. The van der Waals surface area contributed by atoms with Gasteiger partial charge in [-0.05, 0) is 48.0 Å². The Hall–Kier alpha value is -2.75. The number of hydrogen-bond donors (Lipinski definition) is 2. The van der Waals surface area contributed by atoms with Crippen LogP contribution in [-0.4, -0.2) is 66.5 Å². The number of nitrogens with one attached hydrogen (secondary N) is 1. The van der Waals surface area contributed by atoms with Crippen LogP contribution in [0.4, 0.5) is 17.1 Å². The Morgan fingerprint density at radius 3 is 2.12 bits per heavy atom. The van der Waals surface area contributed by atoms with Crippen LogP contribution in [0.3, 0.4) is 0 Å². The third kappa shape index (κ3) is 6.84. The molecule has 0 saturated carbocycles. The van der Waals surface area contributed by atoms with Crippen molar-refractivity contribution in [1.82, 2.24) is 8.95 Å². The number of nitrogens with two attached hydrogens (primary N) is 1. The Morgan fingerprint density at radius 2 is 1.59 bits per heavy atom. The second kappa shape index (κ2) is 11.9. The quantitative estimate of drug-likeness (QED) is 0.281. The molecule has 0 bridgehead atoms. The number of quaternary nitrogens is 1. The lowest BCUT2D eigenvalue weighted by molar-refractivity contribution is 0.102. The molecule has 1 heterocycles. The van der Waals surface area contributed by atoms with Crippen LogP contribution in [0, 0.1) is 5.21 Å². The maximum atomic E-state index is 13.4. The van der Waals surface area contributed by atoms with Crippen molar-refractivity contribution in [2.75, 3.05) is 49.1 Å². The van der Waals surface area contributed by atoms with Crippen LogP contribution in [0.5, 0.6) is 0 Å². The van der Waals surface area contributed by atoms with Gasteiger partial charge in [0.05, 0.1) is 48.6 Å². The molecule has 3 aromatic carbocycles. The minimum Gasteiger partial charge on any atom is -0.627 e. The number of carbonyl (C=O) groups excluding carboxylic acids is 1. The van der Waals surface area contributed by atoms with E-state index in [1.54, 1.807) is 6.07 Å². The van der Waals surface area contributed by atoms with Crippen molar-refractivity contribution in [1.29, 1.82) is 0 Å². The highest BCUT2D eigenvalue weighted by atomic mass is 35.5. The predicted octanol–water partition coefficient (Wildman–Crippen LogP) is 3.61. The van der Waals surface area contributed by atoms with E-state index in [0.717, 1.165) is 10.6 Å². The molecule has 1 aliphatic rings. The molecular formula is C26H29Cl2N5O6S2. The van der Waals surface area contributed by atoms with Gasteiger partial charge in [-0.3, -0.25) is 9.10 Å². The topological polar surface area (TPSA) is 153 Å². The highest BCUT2D eigenvalue weighted by Gasteiger charge is 2.35. The van der Waals surface area contributed by atoms with Gasteiger partial charge < -0.3 is 20.9 Å². The van der Waals surface area contributed by atoms with Crippen LogP contribution in [0.15, 0.2) is 65.6 Å². The van der Waals surface area contributed by atoms with Gasteiger partial charge in [0.1, 0.15) is 5.69 Å². The van der Waals surface area contributed by atoms with Gasteiger partial charge in [0.2, 0.25) is 20.0 Å². The molecule has 0 atom stereocenters. The normalized spacial score (nSPS) is 15.9. The highest BCUT2D eigenvalue weighted by molar-refractivity contribution is 7.92. The molecule has 3 N–H and O–H groups in total. The molecule has 11 nitrogen and oxygen atoms in total. The number of rotatable bonds is 8. The smallest absolute Gasteiger partial charge is 0.257 e. The summed E-state index contributed by atoms with van der Waals surface area (Å²) in [6, 6.07) is 14.8. The second-order valence-electron chi connectivity index (χ2n) is 9.63. The monoisotopic (exact) mass is 641 g/mol. The van der Waals surface area contributed by atoms with E-state index in [9.17, 15) is 26.8 Å². The molecule has 3 aromatic rings. The summed E-state index contributed by atoms with van der Waals surface area (Å²) in [5.41, 5.74) is 7.25. The third-order valence-electron chi connectivity index (χ3n) is 6.87. The molecule has 0 unspecified atom stereocenters. The molecule has 0 aromatic heterocycles. The molecule has 220 valence electrons. The molecule has 1 amide bonds. The SMILES string of the molecule is CN(c1ccc(CN)cc1C(=O)Nc1ccc(S(=O)(=O)N2CC[N+]([O-])(c3cc(Cl)cc(Cl)c3)CC2)cc1)S(C)(=O)=O. The van der Waals surface area contributed by atoms with Crippen LogP contribution in [0.25, 0.3) is 0 Å². The van der Waals surface area contributed by atoms with E-state index in [1.807, 2.05) is 0 Å². The summed E-state index contributed by atoms with van der Waals surface area (Å²) >= 11 is 12.1. The molecule has 4 rings (SSSR count). The molecule has 0 aliphatic carbocycles. The first-order chi connectivity index (χ1) is 19.1. The van der Waals surface area contributed by atoms with Crippen molar-refractivity contribution in [2.24, 2.45) is 5.73 Å². The fraction of sp³-hybridized carbons (Fsp3) is 0.269. The third-order valence-corrected chi connectivity index (χ3v) is 10.4. The van der Waals surface area contributed by atoms with E-state index in [1.165, 1.54) is 66.0 Å². The lowest BCUT2D eigenvalue weighted by Crippen LogP contribution is -2.58. The number of sulfonamides is 2. The first-order valence-corrected chi connectivity index (χ1v) is 16.4. The van der Waals surface area contributed by atoms with Crippen LogP contribution in [-0.2, 0) is 26.6 Å². The van der Waals surface area contributed by atoms with Crippen molar-refractivity contribution in [3.63, 3.8) is 0 Å². The number of carbonyl (C=O) groups is 1. The van der Waals surface area contributed by atoms with Gasteiger partial charge in [0, 0.05) is 41.5 Å². The van der Waals surface area contributed by atoms with E-state index < -0.39 is 30.6 Å². The fourth-order valence-electron chi connectivity index (χ4n) is 4.45. The van der Waals surface area contributed by atoms with Gasteiger partial charge in [0.25, 0.3) is 5.91 Å². The maximum absolute atomic E-state index is 13.4. The predicted molar refractivity (Wildman–Crippen MR) is 162 cm³/mol. The zero-order valence-corrected chi connectivity index (χ0v) is 25.4. The largest absolute Gasteiger partial charge is 0.627 e. The van der Waals surface area contributed by atoms with Gasteiger partial charge in [-0.15, -0.1) is 0 Å². The summed E-state index contributed by atoms with van der Waals surface area (Å²) in [6.07, 6.45) is 1.02. The van der Waals surface area contributed by atoms with Crippen molar-refractivity contribution < 1.29 is 21.6 Å². The number of amides is 1. The fourth-order valence-corrected chi connectivity index (χ4v) is 6.90. The molecule has 1 aliphatic heterocycles. The molecule has 41 heavy (non-hydrogen) atoms. The second-order valence-corrected chi connectivity index (χ2v) is 14.5. The van der Waals surface area contributed by atoms with Crippen molar-refractivity contribution >= 4 is 66.2 Å². The summed E-state index contributed by atoms with van der Waals surface area (Å²) in [5.74, 6) is -0.594. The summed E-state index contributed by atoms with van der Waals surface area (Å²) < 4.78 is 52.3. The summed E-state index contributed by atoms with van der Waals surface area (Å²) in [5, 5.41) is 16.7. The van der Waals surface area contributed by atoms with Gasteiger partial charge >= 0.3 is 0 Å². The van der Waals surface area contributed by atoms with Gasteiger partial charge in [-0.1, -0.05) is 29.3 Å². The van der Waals surface area contributed by atoms with Crippen LogP contribution < -0.4 is 20.0 Å². The van der Waals surface area contributed by atoms with E-state index in [4.69, 9.17) is 28.9 Å². The number of nitrogens with zero attached hydrogens (tertiary/aromatic N) is 3. The number of benzene rings is 3. The van der Waals surface area contributed by atoms with Crippen molar-refractivity contribution in [3.05, 3.63) is 87.0 Å². The van der Waals surface area contributed by atoms with E-state index in [-0.39, 0.29) is 48.9 Å². The summed E-state index contributed by atoms with van der Waals surface area (Å²) in [4.78, 5) is 13.1. The zero-order valence-electron chi connectivity index (χ0n) is 22.2. The Bertz CT molecular complexity index is 1660. The van der Waals surface area contributed by atoms with Crippen LogP contribution in [0.2, 0.25) is 10.0 Å². The first kappa shape index (κ1) is 31.2. The number of anilines is 2. The average molecular weight is 643 g/mol. The minimum absolute atomic E-state index is 0.00479. The summed E-state index contributed by atoms with van der Waals surface area (Å²) in [7, 11) is -6.23. The van der Waals surface area contributed by atoms with E-state index >= 15 is 0 Å². The van der Waals surface area contributed by atoms with Crippen molar-refractivity contribution in [2.45, 2.75) is 11.4 Å². The molecule has 1 saturated heterocycles.